The predicted octanol–water partition coefficient (Wildman–Crippen LogP) is 4.41. The van der Waals surface area contributed by atoms with Crippen LogP contribution in [-0.2, 0) is 4.57 Å². The average Bonchev–Trinajstić information content (AvgIpc) is 2.96. The van der Waals surface area contributed by atoms with Crippen molar-refractivity contribution in [2.75, 3.05) is 7.11 Å². The highest BCUT2D eigenvalue weighted by atomic mass is 31.2. The van der Waals surface area contributed by atoms with Gasteiger partial charge in [0.25, 0.3) is 5.69 Å². The highest BCUT2D eigenvalue weighted by Gasteiger charge is 2.37. The number of aliphatic hydroxyl groups is 1. The van der Waals surface area contributed by atoms with Gasteiger partial charge in [-0.2, -0.15) is 0 Å². The van der Waals surface area contributed by atoms with Crippen LogP contribution in [0.3, 0.4) is 0 Å². The maximum Gasteiger partial charge on any atom is 0.269 e. The maximum atomic E-state index is 14.7. The number of nitro benzene ring substituents is 1. The van der Waals surface area contributed by atoms with Gasteiger partial charge in [-0.3, -0.25) is 19.5 Å². The smallest absolute Gasteiger partial charge is 0.269 e. The third kappa shape index (κ3) is 5.52. The van der Waals surface area contributed by atoms with Crippen molar-refractivity contribution < 1.29 is 24.1 Å². The first-order valence-corrected chi connectivity index (χ1v) is 13.1. The van der Waals surface area contributed by atoms with Gasteiger partial charge in [0.2, 0.25) is 7.29 Å². The van der Waals surface area contributed by atoms with E-state index in [1.54, 1.807) is 78.9 Å². The highest BCUT2D eigenvalue weighted by Crippen LogP contribution is 2.43. The van der Waals surface area contributed by atoms with E-state index in [-0.39, 0.29) is 17.0 Å². The number of aliphatic hydroxyl groups excluding tert-OH is 1. The Kier molecular flexibility index (Phi) is 7.94. The molecule has 9 heteroatoms. The third-order valence-corrected chi connectivity index (χ3v) is 8.67. The zero-order chi connectivity index (χ0) is 26.4. The van der Waals surface area contributed by atoms with Crippen LogP contribution in [0.5, 0.6) is 5.75 Å². The number of hydrogen-bond donors (Lipinski definition) is 2. The summed E-state index contributed by atoms with van der Waals surface area (Å²) in [6, 6.07) is 28.2. The fraction of sp³-hybridized carbons (Fsp3) is 0.107. The van der Waals surface area contributed by atoms with Gasteiger partial charge in [-0.05, 0) is 42.0 Å². The van der Waals surface area contributed by atoms with E-state index < -0.39 is 30.1 Å². The minimum Gasteiger partial charge on any atom is -0.496 e. The van der Waals surface area contributed by atoms with E-state index in [4.69, 9.17) is 4.74 Å². The van der Waals surface area contributed by atoms with Crippen molar-refractivity contribution in [1.82, 2.24) is 5.09 Å². The molecule has 0 spiro atoms. The Balaban J connectivity index is 1.84. The second-order valence-electron chi connectivity index (χ2n) is 8.25. The SMILES string of the molecule is COc1ccccc1C(=O)[C@H](O)[C@H](NP(=O)(c1ccccc1)c1ccccc1)c1ccc([N+](=O)[O-])cc1. The molecule has 0 aromatic heterocycles. The summed E-state index contributed by atoms with van der Waals surface area (Å²) in [6.07, 6.45) is -1.70. The number of para-hydroxylation sites is 1. The number of ketones is 1. The van der Waals surface area contributed by atoms with Crippen molar-refractivity contribution in [1.29, 1.82) is 0 Å². The number of benzene rings is 4. The number of Topliss-reactive ketones (excluding diaryl/α,β-unsaturated/α-hetero) is 1. The number of carbonyl (C=O) groups excluding carboxylic acids is 1. The topological polar surface area (TPSA) is 119 Å². The molecule has 0 bridgehead atoms. The molecule has 0 aliphatic carbocycles. The Morgan fingerprint density at radius 1 is 0.865 bits per heavy atom. The lowest BCUT2D eigenvalue weighted by molar-refractivity contribution is -0.384. The molecule has 188 valence electrons. The molecule has 2 N–H and O–H groups in total. The number of methoxy groups -OCH3 is 1. The highest BCUT2D eigenvalue weighted by molar-refractivity contribution is 7.76. The minimum absolute atomic E-state index is 0.151. The van der Waals surface area contributed by atoms with Gasteiger partial charge in [-0.1, -0.05) is 60.7 Å². The Bertz CT molecular complexity index is 1380. The summed E-state index contributed by atoms with van der Waals surface area (Å²) in [6.45, 7) is 0. The number of nitrogens with one attached hydrogen (secondary N) is 1. The van der Waals surface area contributed by atoms with E-state index in [9.17, 15) is 24.6 Å². The molecule has 4 aromatic carbocycles. The molecule has 4 aromatic rings. The van der Waals surface area contributed by atoms with Crippen molar-refractivity contribution in [2.24, 2.45) is 0 Å². The zero-order valence-corrected chi connectivity index (χ0v) is 20.8. The van der Waals surface area contributed by atoms with Gasteiger partial charge in [0.15, 0.2) is 5.78 Å². The molecule has 2 atom stereocenters. The van der Waals surface area contributed by atoms with Crippen molar-refractivity contribution in [3.8, 4) is 5.75 Å². The third-order valence-electron chi connectivity index (χ3n) is 5.98. The van der Waals surface area contributed by atoms with Crippen LogP contribution in [0.15, 0.2) is 109 Å². The van der Waals surface area contributed by atoms with Crippen molar-refractivity contribution in [3.63, 3.8) is 0 Å². The number of hydrogen-bond acceptors (Lipinski definition) is 6. The summed E-state index contributed by atoms with van der Waals surface area (Å²) in [4.78, 5) is 24.2. The molecule has 0 saturated carbocycles. The average molecular weight is 516 g/mol. The lowest BCUT2D eigenvalue weighted by Crippen LogP contribution is -2.40. The molecule has 0 radical (unpaired) electrons. The Morgan fingerprint density at radius 2 is 1.38 bits per heavy atom. The summed E-state index contributed by atoms with van der Waals surface area (Å²) in [5.74, 6) is -0.371. The molecular weight excluding hydrogens is 491 g/mol. The first-order chi connectivity index (χ1) is 17.8. The minimum atomic E-state index is -3.61. The molecule has 0 fully saturated rings. The van der Waals surface area contributed by atoms with E-state index in [1.807, 2.05) is 0 Å². The molecule has 37 heavy (non-hydrogen) atoms. The fourth-order valence-corrected chi connectivity index (χ4v) is 6.52. The van der Waals surface area contributed by atoms with Crippen LogP contribution in [0.2, 0.25) is 0 Å². The normalized spacial score (nSPS) is 12.9. The van der Waals surface area contributed by atoms with Crippen LogP contribution in [0.4, 0.5) is 5.69 Å². The van der Waals surface area contributed by atoms with Crippen molar-refractivity contribution >= 4 is 29.4 Å². The Labute approximate surface area is 214 Å². The second-order valence-corrected chi connectivity index (χ2v) is 10.8. The summed E-state index contributed by atoms with van der Waals surface area (Å²) >= 11 is 0. The van der Waals surface area contributed by atoms with Gasteiger partial charge in [-0.15, -0.1) is 0 Å². The quantitative estimate of drug-likeness (QED) is 0.139. The van der Waals surface area contributed by atoms with E-state index in [0.717, 1.165) is 0 Å². The maximum absolute atomic E-state index is 14.7. The zero-order valence-electron chi connectivity index (χ0n) is 19.9. The molecule has 0 aliphatic rings. The first kappa shape index (κ1) is 26.0. The molecule has 0 unspecified atom stereocenters. The van der Waals surface area contributed by atoms with Crippen LogP contribution in [0, 0.1) is 10.1 Å². The Morgan fingerprint density at radius 3 is 1.89 bits per heavy atom. The number of nitrogens with zero attached hydrogens (tertiary/aromatic N) is 1. The van der Waals surface area contributed by atoms with Gasteiger partial charge in [0.05, 0.1) is 23.6 Å². The number of ether oxygens (including phenoxy) is 1. The summed E-state index contributed by atoms with van der Waals surface area (Å²) in [5, 5.41) is 26.7. The van der Waals surface area contributed by atoms with Gasteiger partial charge in [0, 0.05) is 22.7 Å². The van der Waals surface area contributed by atoms with E-state index in [2.05, 4.69) is 5.09 Å². The summed E-state index contributed by atoms with van der Waals surface area (Å²) in [7, 11) is -2.19. The van der Waals surface area contributed by atoms with Gasteiger partial charge in [0.1, 0.15) is 11.9 Å². The number of carbonyl (C=O) groups is 1. The standard InChI is InChI=1S/C28H25N2O6P/c1-36-25-15-9-8-14-24(25)27(31)28(32)26(20-16-18-21(19-17-20)30(33)34)29-37(35,22-10-4-2-5-11-22)23-12-6-3-7-13-23/h2-19,26,28,32H,1H3,(H,29,35)/t26-,28-/m1/s1. The molecule has 0 saturated heterocycles. The lowest BCUT2D eigenvalue weighted by Gasteiger charge is -2.30. The van der Waals surface area contributed by atoms with E-state index >= 15 is 0 Å². The van der Waals surface area contributed by atoms with Gasteiger partial charge >= 0.3 is 0 Å². The van der Waals surface area contributed by atoms with Crippen LogP contribution in [-0.4, -0.2) is 29.0 Å². The molecule has 0 amide bonds. The largest absolute Gasteiger partial charge is 0.496 e. The second kappa shape index (κ2) is 11.3. The van der Waals surface area contributed by atoms with Crippen LogP contribution in [0.1, 0.15) is 22.0 Å². The number of rotatable bonds is 10. The Hall–Kier alpha value is -4.10. The van der Waals surface area contributed by atoms with Gasteiger partial charge in [-0.25, -0.2) is 5.09 Å². The predicted molar refractivity (Wildman–Crippen MR) is 142 cm³/mol. The molecule has 8 nitrogen and oxygen atoms in total. The van der Waals surface area contributed by atoms with Crippen LogP contribution >= 0.6 is 7.29 Å². The first-order valence-electron chi connectivity index (χ1n) is 11.4. The molecule has 0 heterocycles. The summed E-state index contributed by atoms with van der Waals surface area (Å²) in [5.41, 5.74) is 0.358. The van der Waals surface area contributed by atoms with Gasteiger partial charge < -0.3 is 9.84 Å². The van der Waals surface area contributed by atoms with E-state index in [0.29, 0.717) is 16.2 Å². The number of nitro groups is 1. The van der Waals surface area contributed by atoms with Crippen LogP contribution in [0.25, 0.3) is 0 Å². The lowest BCUT2D eigenvalue weighted by atomic mass is 9.95. The van der Waals surface area contributed by atoms with Crippen molar-refractivity contribution in [3.05, 3.63) is 130 Å². The molecular formula is C28H25N2O6P. The summed E-state index contributed by atoms with van der Waals surface area (Å²) < 4.78 is 20.0. The van der Waals surface area contributed by atoms with Crippen LogP contribution < -0.4 is 20.4 Å². The van der Waals surface area contributed by atoms with E-state index in [1.165, 1.54) is 37.4 Å². The fourth-order valence-electron chi connectivity index (χ4n) is 4.06. The monoisotopic (exact) mass is 516 g/mol. The molecule has 4 rings (SSSR count). The number of non-ortho nitro benzene ring substituents is 1. The van der Waals surface area contributed by atoms with Crippen molar-refractivity contribution in [2.45, 2.75) is 12.1 Å². The molecule has 0 aliphatic heterocycles.